The molecule has 0 unspecified atom stereocenters. The molecule has 17 heavy (non-hydrogen) atoms. The van der Waals surface area contributed by atoms with Crippen molar-refractivity contribution in [1.29, 1.82) is 0 Å². The van der Waals surface area contributed by atoms with E-state index in [4.69, 9.17) is 15.2 Å². The molecular formula is C12H20N2O3. The maximum atomic E-state index is 9.40. The number of aliphatic hydroxyl groups is 1. The average molecular weight is 240 g/mol. The van der Waals surface area contributed by atoms with E-state index in [1.807, 2.05) is 6.92 Å². The molecule has 1 atom stereocenters. The van der Waals surface area contributed by atoms with E-state index in [1.54, 1.807) is 32.2 Å². The van der Waals surface area contributed by atoms with Crippen molar-refractivity contribution in [3.8, 4) is 5.88 Å². The van der Waals surface area contributed by atoms with E-state index in [9.17, 15) is 5.11 Å². The van der Waals surface area contributed by atoms with Gasteiger partial charge in [0.15, 0.2) is 5.79 Å². The van der Waals surface area contributed by atoms with E-state index in [0.29, 0.717) is 24.8 Å². The lowest BCUT2D eigenvalue weighted by atomic mass is 10.2. The van der Waals surface area contributed by atoms with Crippen LogP contribution in [0.5, 0.6) is 5.88 Å². The summed E-state index contributed by atoms with van der Waals surface area (Å²) < 4.78 is 10.7. The number of nitrogens with two attached hydrogens (primary N) is 1. The quantitative estimate of drug-likeness (QED) is 0.735. The number of aromatic nitrogens is 1. The molecule has 0 aliphatic carbocycles. The van der Waals surface area contributed by atoms with Crippen molar-refractivity contribution < 1.29 is 14.6 Å². The number of anilines is 1. The zero-order chi connectivity index (χ0) is 12.9. The van der Waals surface area contributed by atoms with Gasteiger partial charge < -0.3 is 20.3 Å². The SMILES string of the molecule is C[C@@H](COc1cc(N)ccn1)COC(C)(C)O. The Morgan fingerprint density at radius 2 is 2.18 bits per heavy atom. The highest BCUT2D eigenvalue weighted by Crippen LogP contribution is 2.12. The van der Waals surface area contributed by atoms with Crippen LogP contribution in [-0.4, -0.2) is 29.1 Å². The molecule has 0 aromatic carbocycles. The maximum Gasteiger partial charge on any atom is 0.215 e. The Morgan fingerprint density at radius 3 is 2.76 bits per heavy atom. The van der Waals surface area contributed by atoms with Crippen molar-refractivity contribution in [2.75, 3.05) is 18.9 Å². The maximum absolute atomic E-state index is 9.40. The first-order valence-corrected chi connectivity index (χ1v) is 5.57. The summed E-state index contributed by atoms with van der Waals surface area (Å²) in [6, 6.07) is 3.37. The third-order valence-electron chi connectivity index (χ3n) is 2.00. The van der Waals surface area contributed by atoms with E-state index in [2.05, 4.69) is 4.98 Å². The summed E-state index contributed by atoms with van der Waals surface area (Å²) in [7, 11) is 0. The predicted octanol–water partition coefficient (Wildman–Crippen LogP) is 1.42. The van der Waals surface area contributed by atoms with Gasteiger partial charge in [0.05, 0.1) is 13.2 Å². The molecule has 96 valence electrons. The smallest absolute Gasteiger partial charge is 0.215 e. The third kappa shape index (κ3) is 6.09. The van der Waals surface area contributed by atoms with Crippen LogP contribution in [0.15, 0.2) is 18.3 Å². The third-order valence-corrected chi connectivity index (χ3v) is 2.00. The Hall–Kier alpha value is -1.33. The number of pyridine rings is 1. The molecule has 0 bridgehead atoms. The second-order valence-electron chi connectivity index (χ2n) is 4.60. The van der Waals surface area contributed by atoms with Crippen molar-refractivity contribution in [2.24, 2.45) is 5.92 Å². The fourth-order valence-electron chi connectivity index (χ4n) is 1.13. The Balaban J connectivity index is 2.31. The number of hydrogen-bond donors (Lipinski definition) is 2. The van der Waals surface area contributed by atoms with Crippen molar-refractivity contribution in [2.45, 2.75) is 26.6 Å². The van der Waals surface area contributed by atoms with Crippen LogP contribution >= 0.6 is 0 Å². The van der Waals surface area contributed by atoms with E-state index in [-0.39, 0.29) is 5.92 Å². The fourth-order valence-corrected chi connectivity index (χ4v) is 1.13. The highest BCUT2D eigenvalue weighted by atomic mass is 16.6. The van der Waals surface area contributed by atoms with Gasteiger partial charge in [0.25, 0.3) is 0 Å². The largest absolute Gasteiger partial charge is 0.477 e. The molecule has 0 aliphatic rings. The summed E-state index contributed by atoms with van der Waals surface area (Å²) in [5.74, 6) is -0.450. The van der Waals surface area contributed by atoms with Crippen LogP contribution in [0.2, 0.25) is 0 Å². The Bertz CT molecular complexity index is 350. The number of hydrogen-bond acceptors (Lipinski definition) is 5. The molecule has 0 spiro atoms. The minimum absolute atomic E-state index is 0.157. The van der Waals surface area contributed by atoms with Gasteiger partial charge in [0, 0.05) is 23.9 Å². The van der Waals surface area contributed by atoms with Gasteiger partial charge in [-0.2, -0.15) is 0 Å². The van der Waals surface area contributed by atoms with Crippen molar-refractivity contribution in [3.63, 3.8) is 0 Å². The van der Waals surface area contributed by atoms with Gasteiger partial charge in [-0.1, -0.05) is 6.92 Å². The standard InChI is InChI=1S/C12H20N2O3/c1-9(8-17-12(2,3)15)7-16-11-6-10(13)4-5-14-11/h4-6,9,15H,7-8H2,1-3H3,(H2,13,14)/t9-/m0/s1. The summed E-state index contributed by atoms with van der Waals surface area (Å²) in [4.78, 5) is 4.03. The number of nitrogen functional groups attached to an aromatic ring is 1. The molecule has 1 heterocycles. The normalized spacial score (nSPS) is 13.4. The lowest BCUT2D eigenvalue weighted by Crippen LogP contribution is -2.27. The van der Waals surface area contributed by atoms with Crippen LogP contribution in [-0.2, 0) is 4.74 Å². The molecule has 3 N–H and O–H groups in total. The molecule has 1 aromatic rings. The lowest BCUT2D eigenvalue weighted by molar-refractivity contribution is -0.183. The molecular weight excluding hydrogens is 220 g/mol. The molecule has 0 saturated heterocycles. The van der Waals surface area contributed by atoms with E-state index in [1.165, 1.54) is 0 Å². The van der Waals surface area contributed by atoms with Gasteiger partial charge in [-0.15, -0.1) is 0 Å². The van der Waals surface area contributed by atoms with E-state index in [0.717, 1.165) is 0 Å². The van der Waals surface area contributed by atoms with Gasteiger partial charge in [-0.25, -0.2) is 4.98 Å². The Kier molecular flexibility index (Phi) is 4.72. The van der Waals surface area contributed by atoms with Crippen LogP contribution in [0.25, 0.3) is 0 Å². The van der Waals surface area contributed by atoms with Gasteiger partial charge in [-0.05, 0) is 19.9 Å². The molecule has 1 rings (SSSR count). The van der Waals surface area contributed by atoms with E-state index < -0.39 is 5.79 Å². The van der Waals surface area contributed by atoms with Crippen molar-refractivity contribution >= 4 is 5.69 Å². The average Bonchev–Trinajstić information content (AvgIpc) is 2.23. The summed E-state index contributed by atoms with van der Waals surface area (Å²) in [5, 5.41) is 9.40. The van der Waals surface area contributed by atoms with Crippen LogP contribution in [0.4, 0.5) is 5.69 Å². The van der Waals surface area contributed by atoms with Gasteiger partial charge >= 0.3 is 0 Å². The van der Waals surface area contributed by atoms with Crippen molar-refractivity contribution in [3.05, 3.63) is 18.3 Å². The van der Waals surface area contributed by atoms with Gasteiger partial charge in [-0.3, -0.25) is 0 Å². The van der Waals surface area contributed by atoms with Crippen LogP contribution in [0.1, 0.15) is 20.8 Å². The molecule has 0 fully saturated rings. The van der Waals surface area contributed by atoms with E-state index >= 15 is 0 Å². The second kappa shape index (κ2) is 5.84. The Morgan fingerprint density at radius 1 is 1.47 bits per heavy atom. The highest BCUT2D eigenvalue weighted by molar-refractivity contribution is 5.39. The summed E-state index contributed by atoms with van der Waals surface area (Å²) >= 11 is 0. The molecule has 0 saturated carbocycles. The number of ether oxygens (including phenoxy) is 2. The zero-order valence-corrected chi connectivity index (χ0v) is 10.5. The Labute approximate surface area is 102 Å². The van der Waals surface area contributed by atoms with Gasteiger partial charge in [0.1, 0.15) is 0 Å². The molecule has 0 aliphatic heterocycles. The monoisotopic (exact) mass is 240 g/mol. The molecule has 5 heteroatoms. The topological polar surface area (TPSA) is 77.6 Å². The van der Waals surface area contributed by atoms with Gasteiger partial charge in [0.2, 0.25) is 5.88 Å². The minimum Gasteiger partial charge on any atom is -0.477 e. The lowest BCUT2D eigenvalue weighted by Gasteiger charge is -2.21. The first-order chi connectivity index (χ1) is 7.87. The fraction of sp³-hybridized carbons (Fsp3) is 0.583. The van der Waals surface area contributed by atoms with Crippen molar-refractivity contribution in [1.82, 2.24) is 4.98 Å². The summed E-state index contributed by atoms with van der Waals surface area (Å²) in [5.41, 5.74) is 6.22. The van der Waals surface area contributed by atoms with Crippen LogP contribution in [0, 0.1) is 5.92 Å². The number of nitrogens with zero attached hydrogens (tertiary/aromatic N) is 1. The van der Waals surface area contributed by atoms with Crippen LogP contribution in [0.3, 0.4) is 0 Å². The number of rotatable bonds is 6. The molecule has 1 aromatic heterocycles. The first kappa shape index (κ1) is 13.7. The first-order valence-electron chi connectivity index (χ1n) is 5.57. The summed E-state index contributed by atoms with van der Waals surface area (Å²) in [6.07, 6.45) is 1.60. The predicted molar refractivity (Wildman–Crippen MR) is 65.6 cm³/mol. The molecule has 0 radical (unpaired) electrons. The zero-order valence-electron chi connectivity index (χ0n) is 10.5. The molecule has 0 amide bonds. The molecule has 5 nitrogen and oxygen atoms in total. The minimum atomic E-state index is -1.11. The van der Waals surface area contributed by atoms with Crippen LogP contribution < -0.4 is 10.5 Å². The second-order valence-corrected chi connectivity index (χ2v) is 4.60. The highest BCUT2D eigenvalue weighted by Gasteiger charge is 2.14. The summed E-state index contributed by atoms with van der Waals surface area (Å²) in [6.45, 7) is 6.05.